The van der Waals surface area contributed by atoms with Crippen LogP contribution in [0.4, 0.5) is 5.69 Å². The first-order chi connectivity index (χ1) is 12.6. The molecule has 1 N–H and O–H groups in total. The Balaban J connectivity index is 1.55. The standard InChI is InChI=1S/C19H15BrN2O3S/c1-11-2-4-12(5-3-11)19-22-15(10-26-19)18(23)21-14-9-17-16(8-13(14)20)24-6-7-25-17/h2-5,8-10H,6-7H2,1H3,(H,21,23). The lowest BCUT2D eigenvalue weighted by Crippen LogP contribution is -2.17. The van der Waals surface area contributed by atoms with Crippen molar-refractivity contribution in [3.8, 4) is 22.1 Å². The van der Waals surface area contributed by atoms with Crippen molar-refractivity contribution in [2.45, 2.75) is 6.92 Å². The molecule has 0 radical (unpaired) electrons. The molecule has 2 heterocycles. The van der Waals surface area contributed by atoms with Crippen LogP contribution in [0.2, 0.25) is 0 Å². The van der Waals surface area contributed by atoms with E-state index in [2.05, 4.69) is 26.2 Å². The molecule has 0 saturated heterocycles. The Hall–Kier alpha value is -2.38. The molecule has 0 saturated carbocycles. The Morgan fingerprint density at radius 3 is 2.58 bits per heavy atom. The lowest BCUT2D eigenvalue weighted by Gasteiger charge is -2.20. The van der Waals surface area contributed by atoms with Gasteiger partial charge in [0.25, 0.3) is 5.91 Å². The number of benzene rings is 2. The fourth-order valence-corrected chi connectivity index (χ4v) is 3.78. The number of fused-ring (bicyclic) bond motifs is 1. The lowest BCUT2D eigenvalue weighted by atomic mass is 10.2. The predicted molar refractivity (Wildman–Crippen MR) is 105 cm³/mol. The average Bonchev–Trinajstić information content (AvgIpc) is 3.13. The highest BCUT2D eigenvalue weighted by Gasteiger charge is 2.18. The lowest BCUT2D eigenvalue weighted by molar-refractivity contribution is 0.102. The highest BCUT2D eigenvalue weighted by molar-refractivity contribution is 9.10. The highest BCUT2D eigenvalue weighted by Crippen LogP contribution is 2.38. The molecule has 3 aromatic rings. The van der Waals surface area contributed by atoms with Gasteiger partial charge in [0.05, 0.1) is 5.69 Å². The van der Waals surface area contributed by atoms with E-state index >= 15 is 0 Å². The Labute approximate surface area is 163 Å². The minimum Gasteiger partial charge on any atom is -0.486 e. The summed E-state index contributed by atoms with van der Waals surface area (Å²) in [6.07, 6.45) is 0. The van der Waals surface area contributed by atoms with Crippen LogP contribution >= 0.6 is 27.3 Å². The van der Waals surface area contributed by atoms with E-state index in [1.165, 1.54) is 16.9 Å². The second-order valence-electron chi connectivity index (χ2n) is 5.83. The summed E-state index contributed by atoms with van der Waals surface area (Å²) in [7, 11) is 0. The van der Waals surface area contributed by atoms with Crippen LogP contribution in [0.5, 0.6) is 11.5 Å². The molecular weight excluding hydrogens is 416 g/mol. The van der Waals surface area contributed by atoms with Crippen LogP contribution in [0, 0.1) is 6.92 Å². The Morgan fingerprint density at radius 1 is 1.15 bits per heavy atom. The first-order valence-electron chi connectivity index (χ1n) is 8.03. The zero-order valence-electron chi connectivity index (χ0n) is 13.9. The minimum atomic E-state index is -0.267. The molecular formula is C19H15BrN2O3S. The van der Waals surface area contributed by atoms with E-state index in [9.17, 15) is 4.79 Å². The van der Waals surface area contributed by atoms with Crippen molar-refractivity contribution >= 4 is 38.9 Å². The van der Waals surface area contributed by atoms with E-state index in [4.69, 9.17) is 9.47 Å². The molecule has 4 rings (SSSR count). The molecule has 5 nitrogen and oxygen atoms in total. The van der Waals surface area contributed by atoms with Crippen LogP contribution in [0.1, 0.15) is 16.1 Å². The number of halogens is 1. The molecule has 0 unspecified atom stereocenters. The third-order valence-electron chi connectivity index (χ3n) is 3.92. The monoisotopic (exact) mass is 430 g/mol. The molecule has 1 aromatic heterocycles. The molecule has 1 aliphatic rings. The Bertz CT molecular complexity index is 969. The summed E-state index contributed by atoms with van der Waals surface area (Å²) in [4.78, 5) is 17.0. The summed E-state index contributed by atoms with van der Waals surface area (Å²) in [6, 6.07) is 11.6. The molecule has 1 amide bonds. The predicted octanol–water partition coefficient (Wildman–Crippen LogP) is 4.90. The van der Waals surface area contributed by atoms with Gasteiger partial charge in [-0.3, -0.25) is 4.79 Å². The number of aromatic nitrogens is 1. The maximum Gasteiger partial charge on any atom is 0.275 e. The van der Waals surface area contributed by atoms with Crippen LogP contribution in [0.25, 0.3) is 10.6 Å². The summed E-state index contributed by atoms with van der Waals surface area (Å²) in [5, 5.41) is 5.45. The third-order valence-corrected chi connectivity index (χ3v) is 5.46. The molecule has 0 bridgehead atoms. The number of carbonyl (C=O) groups excluding carboxylic acids is 1. The van der Waals surface area contributed by atoms with Gasteiger partial charge in [0, 0.05) is 27.5 Å². The maximum absolute atomic E-state index is 12.6. The average molecular weight is 431 g/mol. The van der Waals surface area contributed by atoms with Crippen molar-refractivity contribution in [1.82, 2.24) is 4.98 Å². The van der Waals surface area contributed by atoms with E-state index < -0.39 is 0 Å². The quantitative estimate of drug-likeness (QED) is 0.641. The number of nitrogens with one attached hydrogen (secondary N) is 1. The van der Waals surface area contributed by atoms with Gasteiger partial charge in [0.15, 0.2) is 11.5 Å². The van der Waals surface area contributed by atoms with E-state index in [0.717, 1.165) is 15.0 Å². The fraction of sp³-hybridized carbons (Fsp3) is 0.158. The Kier molecular flexibility index (Phi) is 4.65. The summed E-state index contributed by atoms with van der Waals surface area (Å²) in [5.74, 6) is 1.02. The number of aryl methyl sites for hydroxylation is 1. The van der Waals surface area contributed by atoms with Crippen molar-refractivity contribution in [2.24, 2.45) is 0 Å². The van der Waals surface area contributed by atoms with Gasteiger partial charge < -0.3 is 14.8 Å². The molecule has 0 atom stereocenters. The number of anilines is 1. The van der Waals surface area contributed by atoms with Crippen LogP contribution in [-0.4, -0.2) is 24.1 Å². The van der Waals surface area contributed by atoms with Gasteiger partial charge in [0.1, 0.15) is 23.9 Å². The molecule has 26 heavy (non-hydrogen) atoms. The fourth-order valence-electron chi connectivity index (χ4n) is 2.55. The number of rotatable bonds is 3. The first-order valence-corrected chi connectivity index (χ1v) is 9.70. The van der Waals surface area contributed by atoms with E-state index in [-0.39, 0.29) is 5.91 Å². The number of amides is 1. The van der Waals surface area contributed by atoms with Crippen molar-refractivity contribution in [3.05, 3.63) is 57.5 Å². The molecule has 1 aliphatic heterocycles. The van der Waals surface area contributed by atoms with Gasteiger partial charge in [-0.25, -0.2) is 4.98 Å². The number of hydrogen-bond donors (Lipinski definition) is 1. The number of carbonyl (C=O) groups is 1. The summed E-state index contributed by atoms with van der Waals surface area (Å²) >= 11 is 4.90. The van der Waals surface area contributed by atoms with E-state index in [1.807, 2.05) is 31.2 Å². The minimum absolute atomic E-state index is 0.267. The van der Waals surface area contributed by atoms with Gasteiger partial charge in [0.2, 0.25) is 0 Å². The second-order valence-corrected chi connectivity index (χ2v) is 7.55. The maximum atomic E-state index is 12.6. The van der Waals surface area contributed by atoms with Gasteiger partial charge >= 0.3 is 0 Å². The van der Waals surface area contributed by atoms with Gasteiger partial charge in [-0.2, -0.15) is 0 Å². The second kappa shape index (κ2) is 7.09. The zero-order chi connectivity index (χ0) is 18.1. The largest absolute Gasteiger partial charge is 0.486 e. The van der Waals surface area contributed by atoms with Crippen molar-refractivity contribution < 1.29 is 14.3 Å². The number of thiazole rings is 1. The topological polar surface area (TPSA) is 60.5 Å². The third kappa shape index (κ3) is 3.45. The van der Waals surface area contributed by atoms with Gasteiger partial charge in [-0.05, 0) is 22.9 Å². The SMILES string of the molecule is Cc1ccc(-c2nc(C(=O)Nc3cc4c(cc3Br)OCCO4)cs2)cc1. The summed E-state index contributed by atoms with van der Waals surface area (Å²) in [6.45, 7) is 3.05. The molecule has 132 valence electrons. The van der Waals surface area contributed by atoms with Crippen molar-refractivity contribution in [1.29, 1.82) is 0 Å². The molecule has 0 fully saturated rings. The van der Waals surface area contributed by atoms with E-state index in [1.54, 1.807) is 17.5 Å². The van der Waals surface area contributed by atoms with Crippen LogP contribution in [0.3, 0.4) is 0 Å². The van der Waals surface area contributed by atoms with Crippen LogP contribution in [-0.2, 0) is 0 Å². The molecule has 0 spiro atoms. The molecule has 7 heteroatoms. The van der Waals surface area contributed by atoms with Gasteiger partial charge in [-0.15, -0.1) is 11.3 Å². The summed E-state index contributed by atoms with van der Waals surface area (Å²) in [5.41, 5.74) is 3.18. The number of hydrogen-bond acceptors (Lipinski definition) is 5. The summed E-state index contributed by atoms with van der Waals surface area (Å²) < 4.78 is 11.8. The molecule has 2 aromatic carbocycles. The van der Waals surface area contributed by atoms with Crippen molar-refractivity contribution in [2.75, 3.05) is 18.5 Å². The van der Waals surface area contributed by atoms with Crippen molar-refractivity contribution in [3.63, 3.8) is 0 Å². The normalized spacial score (nSPS) is 12.7. The number of nitrogens with zero attached hydrogens (tertiary/aromatic N) is 1. The zero-order valence-corrected chi connectivity index (χ0v) is 16.3. The highest BCUT2D eigenvalue weighted by atomic mass is 79.9. The number of ether oxygens (including phenoxy) is 2. The van der Waals surface area contributed by atoms with E-state index in [0.29, 0.717) is 36.1 Å². The first kappa shape index (κ1) is 17.1. The van der Waals surface area contributed by atoms with Crippen LogP contribution < -0.4 is 14.8 Å². The molecule has 0 aliphatic carbocycles. The van der Waals surface area contributed by atoms with Crippen LogP contribution in [0.15, 0.2) is 46.3 Å². The smallest absolute Gasteiger partial charge is 0.275 e. The Morgan fingerprint density at radius 2 is 1.85 bits per heavy atom. The van der Waals surface area contributed by atoms with Gasteiger partial charge in [-0.1, -0.05) is 29.8 Å².